The van der Waals surface area contributed by atoms with Crippen molar-refractivity contribution < 1.29 is 4.42 Å². The van der Waals surface area contributed by atoms with Gasteiger partial charge in [-0.15, -0.1) is 0 Å². The summed E-state index contributed by atoms with van der Waals surface area (Å²) in [7, 11) is 0. The normalized spacial score (nSPS) is 11.6. The maximum Gasteiger partial charge on any atom is 0.117 e. The molecule has 1 heterocycles. The predicted molar refractivity (Wildman–Crippen MR) is 76.6 cm³/mol. The van der Waals surface area contributed by atoms with Crippen molar-refractivity contribution in [3.8, 4) is 0 Å². The van der Waals surface area contributed by atoms with Gasteiger partial charge in [0.1, 0.15) is 5.76 Å². The molecule has 1 aromatic rings. The number of unbranched alkanes of at least 4 members (excludes halogenated alkanes) is 2. The Morgan fingerprint density at radius 2 is 2.11 bits per heavy atom. The Morgan fingerprint density at radius 3 is 2.72 bits per heavy atom. The second-order valence-electron chi connectivity index (χ2n) is 5.09. The third-order valence-electron chi connectivity index (χ3n) is 3.23. The fourth-order valence-corrected chi connectivity index (χ4v) is 2.04. The minimum atomic E-state index is 0.632. The number of hydrogen-bond acceptors (Lipinski definition) is 3. The molecule has 1 aromatic heterocycles. The van der Waals surface area contributed by atoms with Gasteiger partial charge in [-0.25, -0.2) is 0 Å². The van der Waals surface area contributed by atoms with E-state index in [0.717, 1.165) is 25.4 Å². The zero-order valence-corrected chi connectivity index (χ0v) is 12.1. The Kier molecular flexibility index (Phi) is 7.78. The first kappa shape index (κ1) is 15.3. The van der Waals surface area contributed by atoms with Crippen LogP contribution in [0.25, 0.3) is 0 Å². The molecular formula is C15H28N2O. The summed E-state index contributed by atoms with van der Waals surface area (Å²) in [5.74, 6) is 1.01. The molecule has 0 saturated heterocycles. The minimum absolute atomic E-state index is 0.632. The Morgan fingerprint density at radius 1 is 1.28 bits per heavy atom. The first-order valence-electron chi connectivity index (χ1n) is 7.21. The van der Waals surface area contributed by atoms with Crippen LogP contribution in [0, 0.1) is 0 Å². The van der Waals surface area contributed by atoms with Crippen LogP contribution in [0.15, 0.2) is 22.8 Å². The molecular weight excluding hydrogens is 224 g/mol. The first-order valence-corrected chi connectivity index (χ1v) is 7.21. The molecule has 0 amide bonds. The summed E-state index contributed by atoms with van der Waals surface area (Å²) >= 11 is 0. The van der Waals surface area contributed by atoms with Crippen LogP contribution in [0.4, 0.5) is 0 Å². The second kappa shape index (κ2) is 9.17. The average Bonchev–Trinajstić information content (AvgIpc) is 2.85. The van der Waals surface area contributed by atoms with Crippen molar-refractivity contribution in [2.75, 3.05) is 19.6 Å². The monoisotopic (exact) mass is 252 g/mol. The number of nitrogens with one attached hydrogen (secondary N) is 1. The van der Waals surface area contributed by atoms with E-state index < -0.39 is 0 Å². The van der Waals surface area contributed by atoms with Crippen molar-refractivity contribution in [1.82, 2.24) is 10.2 Å². The molecule has 1 rings (SSSR count). The lowest BCUT2D eigenvalue weighted by Crippen LogP contribution is -2.37. The van der Waals surface area contributed by atoms with Crippen LogP contribution in [0.3, 0.4) is 0 Å². The van der Waals surface area contributed by atoms with Crippen molar-refractivity contribution in [3.63, 3.8) is 0 Å². The molecule has 3 heteroatoms. The summed E-state index contributed by atoms with van der Waals surface area (Å²) in [6, 6.07) is 4.57. The molecule has 0 atom stereocenters. The largest absolute Gasteiger partial charge is 0.468 e. The Labute approximate surface area is 112 Å². The van der Waals surface area contributed by atoms with Gasteiger partial charge in [-0.2, -0.15) is 0 Å². The number of rotatable bonds is 10. The standard InChI is InChI=1S/C15H28N2O/c1-4-5-6-10-17(14(2)3)11-9-16-13-15-8-7-12-18-15/h7-8,12,14,16H,4-6,9-11,13H2,1-3H3. The van der Waals surface area contributed by atoms with Crippen LogP contribution in [0.1, 0.15) is 45.8 Å². The molecule has 0 fully saturated rings. The highest BCUT2D eigenvalue weighted by atomic mass is 16.3. The lowest BCUT2D eigenvalue weighted by Gasteiger charge is -2.26. The smallest absolute Gasteiger partial charge is 0.117 e. The van der Waals surface area contributed by atoms with E-state index in [-0.39, 0.29) is 0 Å². The average molecular weight is 252 g/mol. The SMILES string of the molecule is CCCCCN(CCNCc1ccco1)C(C)C. The molecule has 0 aliphatic rings. The molecule has 0 radical (unpaired) electrons. The van der Waals surface area contributed by atoms with E-state index in [1.54, 1.807) is 6.26 Å². The second-order valence-corrected chi connectivity index (χ2v) is 5.09. The molecule has 0 aliphatic carbocycles. The van der Waals surface area contributed by atoms with E-state index in [4.69, 9.17) is 4.42 Å². The van der Waals surface area contributed by atoms with Gasteiger partial charge in [-0.05, 0) is 38.9 Å². The van der Waals surface area contributed by atoms with Crippen molar-refractivity contribution in [2.45, 2.75) is 52.6 Å². The van der Waals surface area contributed by atoms with Crippen LogP contribution in [0.5, 0.6) is 0 Å². The summed E-state index contributed by atoms with van der Waals surface area (Å²) in [5, 5.41) is 3.43. The molecule has 0 aliphatic heterocycles. The van der Waals surface area contributed by atoms with Gasteiger partial charge in [0, 0.05) is 19.1 Å². The molecule has 3 nitrogen and oxygen atoms in total. The van der Waals surface area contributed by atoms with Gasteiger partial charge < -0.3 is 9.73 Å². The number of furan rings is 1. The molecule has 0 unspecified atom stereocenters. The summed E-state index contributed by atoms with van der Waals surface area (Å²) in [5.41, 5.74) is 0. The van der Waals surface area contributed by atoms with Gasteiger partial charge in [-0.1, -0.05) is 19.8 Å². The zero-order chi connectivity index (χ0) is 13.2. The summed E-state index contributed by atoms with van der Waals surface area (Å²) in [4.78, 5) is 2.55. The molecule has 18 heavy (non-hydrogen) atoms. The highest BCUT2D eigenvalue weighted by molar-refractivity contribution is 4.97. The van der Waals surface area contributed by atoms with E-state index in [1.807, 2.05) is 12.1 Å². The lowest BCUT2D eigenvalue weighted by molar-refractivity contribution is 0.216. The van der Waals surface area contributed by atoms with Crippen molar-refractivity contribution in [3.05, 3.63) is 24.2 Å². The maximum atomic E-state index is 5.29. The van der Waals surface area contributed by atoms with E-state index >= 15 is 0 Å². The van der Waals surface area contributed by atoms with Gasteiger partial charge in [0.25, 0.3) is 0 Å². The fourth-order valence-electron chi connectivity index (χ4n) is 2.04. The van der Waals surface area contributed by atoms with Gasteiger partial charge in [-0.3, -0.25) is 4.90 Å². The van der Waals surface area contributed by atoms with Crippen LogP contribution in [-0.4, -0.2) is 30.6 Å². The van der Waals surface area contributed by atoms with Crippen molar-refractivity contribution >= 4 is 0 Å². The summed E-state index contributed by atoms with van der Waals surface area (Å²) in [6.45, 7) is 11.0. The quantitative estimate of drug-likeness (QED) is 0.648. The van der Waals surface area contributed by atoms with Gasteiger partial charge in [0.15, 0.2) is 0 Å². The molecule has 0 saturated carbocycles. The molecule has 1 N–H and O–H groups in total. The summed E-state index contributed by atoms with van der Waals surface area (Å²) < 4.78 is 5.29. The maximum absolute atomic E-state index is 5.29. The fraction of sp³-hybridized carbons (Fsp3) is 0.733. The highest BCUT2D eigenvalue weighted by Crippen LogP contribution is 2.03. The number of hydrogen-bond donors (Lipinski definition) is 1. The third kappa shape index (κ3) is 6.22. The molecule has 0 bridgehead atoms. The van der Waals surface area contributed by atoms with Gasteiger partial charge >= 0.3 is 0 Å². The third-order valence-corrected chi connectivity index (χ3v) is 3.23. The minimum Gasteiger partial charge on any atom is -0.468 e. The van der Waals surface area contributed by atoms with Crippen LogP contribution in [0.2, 0.25) is 0 Å². The number of nitrogens with zero attached hydrogens (tertiary/aromatic N) is 1. The van der Waals surface area contributed by atoms with Crippen LogP contribution in [-0.2, 0) is 6.54 Å². The Bertz CT molecular complexity index is 283. The van der Waals surface area contributed by atoms with Crippen molar-refractivity contribution in [2.24, 2.45) is 0 Å². The van der Waals surface area contributed by atoms with E-state index in [2.05, 4.69) is 31.0 Å². The predicted octanol–water partition coefficient (Wildman–Crippen LogP) is 3.27. The van der Waals surface area contributed by atoms with E-state index in [1.165, 1.54) is 25.8 Å². The zero-order valence-electron chi connectivity index (χ0n) is 12.1. The molecule has 0 spiro atoms. The van der Waals surface area contributed by atoms with Crippen molar-refractivity contribution in [1.29, 1.82) is 0 Å². The lowest BCUT2D eigenvalue weighted by atomic mass is 10.2. The summed E-state index contributed by atoms with van der Waals surface area (Å²) in [6.07, 6.45) is 5.67. The van der Waals surface area contributed by atoms with E-state index in [0.29, 0.717) is 6.04 Å². The van der Waals surface area contributed by atoms with Crippen LogP contribution < -0.4 is 5.32 Å². The molecule has 0 aromatic carbocycles. The van der Waals surface area contributed by atoms with Gasteiger partial charge in [0.05, 0.1) is 12.8 Å². The first-order chi connectivity index (χ1) is 8.74. The molecule has 104 valence electrons. The van der Waals surface area contributed by atoms with Crippen LogP contribution >= 0.6 is 0 Å². The van der Waals surface area contributed by atoms with E-state index in [9.17, 15) is 0 Å². The van der Waals surface area contributed by atoms with Gasteiger partial charge in [0.2, 0.25) is 0 Å². The topological polar surface area (TPSA) is 28.4 Å². The Balaban J connectivity index is 2.12. The Hall–Kier alpha value is -0.800. The highest BCUT2D eigenvalue weighted by Gasteiger charge is 2.08.